The third kappa shape index (κ3) is 3.88. The van der Waals surface area contributed by atoms with E-state index in [-0.39, 0.29) is 35.9 Å². The van der Waals surface area contributed by atoms with E-state index in [1.807, 2.05) is 17.0 Å². The van der Waals surface area contributed by atoms with E-state index in [2.05, 4.69) is 84.9 Å². The normalized spacial score (nSPS) is 22.4. The minimum absolute atomic E-state index is 0.0489. The molecule has 0 spiro atoms. The Morgan fingerprint density at radius 1 is 0.634 bits per heavy atom. The first-order valence-electron chi connectivity index (χ1n) is 15.0. The van der Waals surface area contributed by atoms with Crippen molar-refractivity contribution in [2.75, 3.05) is 6.61 Å². The molecule has 2 saturated heterocycles. The second-order valence-corrected chi connectivity index (χ2v) is 12.1. The average Bonchev–Trinajstić information content (AvgIpc) is 3.52. The van der Waals surface area contributed by atoms with Crippen molar-refractivity contribution >= 4 is 11.9 Å². The zero-order valence-electron chi connectivity index (χ0n) is 23.0. The number of ketones is 1. The summed E-state index contributed by atoms with van der Waals surface area (Å²) in [5, 5.41) is 0. The fourth-order valence-corrected chi connectivity index (χ4v) is 8.28. The molecule has 2 atom stereocenters. The van der Waals surface area contributed by atoms with E-state index in [0.29, 0.717) is 12.4 Å². The molecule has 4 aliphatic rings. The molecule has 2 bridgehead atoms. The molecular weight excluding hydrogens is 506 g/mol. The molecule has 41 heavy (non-hydrogen) atoms. The lowest BCUT2D eigenvalue weighted by atomic mass is 9.73. The highest BCUT2D eigenvalue weighted by molar-refractivity contribution is 5.98. The largest absolute Gasteiger partial charge is 0.448 e. The molecule has 2 aliphatic carbocycles. The minimum Gasteiger partial charge on any atom is -0.448 e. The number of nitrogens with zero attached hydrogens (tertiary/aromatic N) is 1. The lowest BCUT2D eigenvalue weighted by molar-refractivity contribution is -0.127. The fraction of sp³-hybridized carbons (Fsp3) is 0.297. The highest BCUT2D eigenvalue weighted by Crippen LogP contribution is 2.49. The number of hydrogen-bond donors (Lipinski definition) is 0. The molecule has 0 N–H and O–H groups in total. The predicted octanol–water partition coefficient (Wildman–Crippen LogP) is 7.95. The number of rotatable bonds is 4. The molecule has 4 nitrogen and oxygen atoms in total. The Labute approximate surface area is 241 Å². The minimum atomic E-state index is -0.219. The quantitative estimate of drug-likeness (QED) is 0.264. The molecule has 0 aromatic heterocycles. The first-order chi connectivity index (χ1) is 20.2. The molecule has 4 aromatic carbocycles. The molecule has 8 rings (SSSR count). The molecule has 2 fully saturated rings. The second-order valence-electron chi connectivity index (χ2n) is 12.1. The Morgan fingerprint density at radius 3 is 1.59 bits per heavy atom. The highest BCUT2D eigenvalue weighted by atomic mass is 16.6. The first kappa shape index (κ1) is 24.6. The Morgan fingerprint density at radius 2 is 1.07 bits per heavy atom. The lowest BCUT2D eigenvalue weighted by Gasteiger charge is -2.48. The summed E-state index contributed by atoms with van der Waals surface area (Å²) in [5.41, 5.74) is 9.53. The van der Waals surface area contributed by atoms with Crippen molar-refractivity contribution in [3.8, 4) is 22.3 Å². The van der Waals surface area contributed by atoms with E-state index in [4.69, 9.17) is 4.74 Å². The molecule has 0 radical (unpaired) electrons. The third-order valence-corrected chi connectivity index (χ3v) is 10.0. The maximum Gasteiger partial charge on any atom is 0.410 e. The van der Waals surface area contributed by atoms with Gasteiger partial charge < -0.3 is 9.64 Å². The molecule has 2 unspecified atom stereocenters. The number of carbonyl (C=O) groups excluding carboxylic acids is 2. The van der Waals surface area contributed by atoms with Crippen LogP contribution in [-0.4, -0.2) is 35.5 Å². The number of amides is 1. The van der Waals surface area contributed by atoms with Gasteiger partial charge in [-0.3, -0.25) is 4.79 Å². The van der Waals surface area contributed by atoms with Gasteiger partial charge in [0.1, 0.15) is 12.4 Å². The van der Waals surface area contributed by atoms with Gasteiger partial charge in [0.15, 0.2) is 0 Å². The summed E-state index contributed by atoms with van der Waals surface area (Å²) in [4.78, 5) is 29.9. The summed E-state index contributed by atoms with van der Waals surface area (Å²) >= 11 is 0. The van der Waals surface area contributed by atoms with Gasteiger partial charge in [-0.1, -0.05) is 97.1 Å². The van der Waals surface area contributed by atoms with E-state index < -0.39 is 0 Å². The van der Waals surface area contributed by atoms with Crippen LogP contribution in [0, 0.1) is 5.92 Å². The van der Waals surface area contributed by atoms with E-state index in [1.54, 1.807) is 0 Å². The van der Waals surface area contributed by atoms with Crippen LogP contribution in [0.15, 0.2) is 97.1 Å². The SMILES string of the molecule is O=C(C1CC2CCCC(C1)N2C(=O)OCC1c2ccccc2-c2ccccc21)C1c2ccccc2-c2ccccc21. The average molecular weight is 540 g/mol. The number of carbonyl (C=O) groups is 2. The van der Waals surface area contributed by atoms with Gasteiger partial charge in [0.2, 0.25) is 0 Å². The van der Waals surface area contributed by atoms with Crippen LogP contribution in [0.1, 0.15) is 66.2 Å². The van der Waals surface area contributed by atoms with Gasteiger partial charge in [-0.15, -0.1) is 0 Å². The smallest absolute Gasteiger partial charge is 0.410 e. The summed E-state index contributed by atoms with van der Waals surface area (Å²) < 4.78 is 6.11. The van der Waals surface area contributed by atoms with Gasteiger partial charge >= 0.3 is 6.09 Å². The van der Waals surface area contributed by atoms with Crippen LogP contribution in [0.2, 0.25) is 0 Å². The maximum atomic E-state index is 14.2. The summed E-state index contributed by atoms with van der Waals surface area (Å²) in [7, 11) is 0. The van der Waals surface area contributed by atoms with Gasteiger partial charge in [-0.2, -0.15) is 0 Å². The van der Waals surface area contributed by atoms with Crippen LogP contribution in [0.3, 0.4) is 0 Å². The second kappa shape index (κ2) is 9.73. The molecule has 204 valence electrons. The summed E-state index contributed by atoms with van der Waals surface area (Å²) in [6, 6.07) is 33.7. The topological polar surface area (TPSA) is 46.6 Å². The molecule has 2 heterocycles. The summed E-state index contributed by atoms with van der Waals surface area (Å²) in [6.45, 7) is 0.334. The standard InChI is InChI=1S/C37H33NO3/c39-36(35-32-18-7-5-14-28(32)29-15-6-8-19-33(29)35)23-20-24-10-9-11-25(21-23)38(24)37(40)41-22-34-30-16-3-1-12-26(30)27-13-2-4-17-31(27)34/h1-8,12-19,23-25,34-35H,9-11,20-22H2. The number of Topliss-reactive ketones (excluding diaryl/α,β-unsaturated/α-hetero) is 1. The van der Waals surface area contributed by atoms with Gasteiger partial charge in [-0.25, -0.2) is 4.79 Å². The predicted molar refractivity (Wildman–Crippen MR) is 160 cm³/mol. The third-order valence-electron chi connectivity index (χ3n) is 10.0. The zero-order chi connectivity index (χ0) is 27.5. The first-order valence-corrected chi connectivity index (χ1v) is 15.0. The van der Waals surface area contributed by atoms with Crippen LogP contribution >= 0.6 is 0 Å². The van der Waals surface area contributed by atoms with Crippen LogP contribution < -0.4 is 0 Å². The monoisotopic (exact) mass is 539 g/mol. The van der Waals surface area contributed by atoms with Crippen LogP contribution in [0.5, 0.6) is 0 Å². The van der Waals surface area contributed by atoms with Crippen molar-refractivity contribution in [2.24, 2.45) is 5.92 Å². The van der Waals surface area contributed by atoms with Crippen LogP contribution in [0.25, 0.3) is 22.3 Å². The molecule has 0 saturated carbocycles. The van der Waals surface area contributed by atoms with Crippen molar-refractivity contribution in [1.82, 2.24) is 4.90 Å². The number of benzene rings is 4. The van der Waals surface area contributed by atoms with Crippen LogP contribution in [-0.2, 0) is 9.53 Å². The highest BCUT2D eigenvalue weighted by Gasteiger charge is 2.46. The molecule has 4 heteroatoms. The van der Waals surface area contributed by atoms with Gasteiger partial charge in [0, 0.05) is 23.9 Å². The molecular formula is C37H33NO3. The van der Waals surface area contributed by atoms with Crippen molar-refractivity contribution in [3.05, 3.63) is 119 Å². The van der Waals surface area contributed by atoms with Gasteiger partial charge in [-0.05, 0) is 76.6 Å². The van der Waals surface area contributed by atoms with E-state index in [1.165, 1.54) is 33.4 Å². The van der Waals surface area contributed by atoms with Crippen molar-refractivity contribution in [3.63, 3.8) is 0 Å². The van der Waals surface area contributed by atoms with Crippen molar-refractivity contribution in [1.29, 1.82) is 0 Å². The molecule has 1 amide bonds. The Bertz CT molecular complexity index is 1570. The molecule has 2 aliphatic heterocycles. The fourth-order valence-electron chi connectivity index (χ4n) is 8.28. The number of ether oxygens (including phenoxy) is 1. The number of fused-ring (bicyclic) bond motifs is 8. The van der Waals surface area contributed by atoms with Crippen molar-refractivity contribution in [2.45, 2.75) is 56.0 Å². The van der Waals surface area contributed by atoms with Gasteiger partial charge in [0.25, 0.3) is 0 Å². The van der Waals surface area contributed by atoms with Gasteiger partial charge in [0.05, 0.1) is 5.92 Å². The summed E-state index contributed by atoms with van der Waals surface area (Å²) in [6.07, 6.45) is 4.19. The number of hydrogen-bond acceptors (Lipinski definition) is 3. The Balaban J connectivity index is 1.01. The van der Waals surface area contributed by atoms with E-state index >= 15 is 0 Å². The molecule has 4 aromatic rings. The van der Waals surface area contributed by atoms with E-state index in [0.717, 1.165) is 43.2 Å². The van der Waals surface area contributed by atoms with Crippen molar-refractivity contribution < 1.29 is 14.3 Å². The maximum absolute atomic E-state index is 14.2. The Hall–Kier alpha value is -4.18. The summed E-state index contributed by atoms with van der Waals surface area (Å²) in [5.74, 6) is 0.0978. The zero-order valence-corrected chi connectivity index (χ0v) is 23.0. The van der Waals surface area contributed by atoms with Crippen LogP contribution in [0.4, 0.5) is 4.79 Å². The Kier molecular flexibility index (Phi) is 5.84. The lowest BCUT2D eigenvalue weighted by Crippen LogP contribution is -2.56. The van der Waals surface area contributed by atoms with E-state index in [9.17, 15) is 9.59 Å². The number of piperidine rings is 2.